The van der Waals surface area contributed by atoms with Crippen molar-refractivity contribution >= 4 is 29.7 Å². The normalized spacial score (nSPS) is 20.4. The van der Waals surface area contributed by atoms with E-state index in [0.29, 0.717) is 24.3 Å². The monoisotopic (exact) mass is 848 g/mol. The molecule has 18 heteroatoms. The van der Waals surface area contributed by atoms with Crippen LogP contribution in [0.4, 0.5) is 4.79 Å². The Morgan fingerprint density at radius 2 is 1.64 bits per heavy atom. The number of para-hydroxylation sites is 1. The maximum atomic E-state index is 13.9. The van der Waals surface area contributed by atoms with Crippen molar-refractivity contribution in [3.05, 3.63) is 84.4 Å². The minimum atomic E-state index is -4.08. The summed E-state index contributed by atoms with van der Waals surface area (Å²) in [6.45, 7) is 7.29. The molecule has 58 heavy (non-hydrogen) atoms. The maximum absolute atomic E-state index is 13.9. The summed E-state index contributed by atoms with van der Waals surface area (Å²) >= 11 is 0. The number of alkyl carbamates (subject to hydrolysis) is 1. The van der Waals surface area contributed by atoms with Crippen molar-refractivity contribution in [2.24, 2.45) is 11.8 Å². The molecule has 0 aliphatic carbocycles. The van der Waals surface area contributed by atoms with E-state index in [1.165, 1.54) is 30.5 Å². The predicted molar refractivity (Wildman–Crippen MR) is 211 cm³/mol. The molecule has 0 bridgehead atoms. The molecule has 318 valence electrons. The van der Waals surface area contributed by atoms with Crippen molar-refractivity contribution in [1.82, 2.24) is 9.62 Å². The first-order chi connectivity index (χ1) is 27.7. The minimum Gasteiger partial charge on any atom is -0.497 e. The SMILES string of the molecule is CCOC(=O)[C@@H](C)OP(=O)(COc1ccc(C[C@H](NC(=O)O[C@H]2CO[C@H]3OCCC32)[C@H](O)CN(CC(C)C)S(=O)(=O)c2ccc(OC)cc2)cc1)Oc1ccccc1. The summed E-state index contributed by atoms with van der Waals surface area (Å²) in [5, 5.41) is 14.5. The van der Waals surface area contributed by atoms with Gasteiger partial charge in [-0.15, -0.1) is 0 Å². The van der Waals surface area contributed by atoms with E-state index < -0.39 is 66.7 Å². The Labute approximate surface area is 339 Å². The van der Waals surface area contributed by atoms with Gasteiger partial charge in [0.15, 0.2) is 12.4 Å². The van der Waals surface area contributed by atoms with Crippen LogP contribution in [0.2, 0.25) is 0 Å². The van der Waals surface area contributed by atoms with Gasteiger partial charge in [0.05, 0.1) is 49.9 Å². The van der Waals surface area contributed by atoms with E-state index in [1.807, 2.05) is 13.8 Å². The summed E-state index contributed by atoms with van der Waals surface area (Å²) in [5.41, 5.74) is 0.634. The maximum Gasteiger partial charge on any atom is 0.417 e. The zero-order chi connectivity index (χ0) is 41.9. The predicted octanol–water partition coefficient (Wildman–Crippen LogP) is 5.38. The molecule has 0 saturated carbocycles. The zero-order valence-electron chi connectivity index (χ0n) is 33.3. The smallest absolute Gasteiger partial charge is 0.417 e. The number of hydrogen-bond donors (Lipinski definition) is 2. The van der Waals surface area contributed by atoms with Gasteiger partial charge in [-0.25, -0.2) is 22.6 Å². The molecule has 3 aromatic rings. The van der Waals surface area contributed by atoms with Gasteiger partial charge in [0, 0.05) is 13.1 Å². The van der Waals surface area contributed by atoms with Gasteiger partial charge in [0.1, 0.15) is 23.4 Å². The van der Waals surface area contributed by atoms with Gasteiger partial charge in [0.2, 0.25) is 16.4 Å². The van der Waals surface area contributed by atoms with E-state index >= 15 is 0 Å². The number of amides is 1. The van der Waals surface area contributed by atoms with Gasteiger partial charge in [-0.1, -0.05) is 44.2 Å². The lowest BCUT2D eigenvalue weighted by Crippen LogP contribution is -2.51. The van der Waals surface area contributed by atoms with E-state index in [9.17, 15) is 27.7 Å². The number of aliphatic hydroxyl groups excluding tert-OH is 1. The Kier molecular flexibility index (Phi) is 16.0. The summed E-state index contributed by atoms with van der Waals surface area (Å²) in [6, 6.07) is 19.8. The average Bonchev–Trinajstić information content (AvgIpc) is 3.82. The summed E-state index contributed by atoms with van der Waals surface area (Å²) in [5.74, 6) is 0.0863. The van der Waals surface area contributed by atoms with Crippen LogP contribution in [-0.2, 0) is 49.3 Å². The second-order valence-electron chi connectivity index (χ2n) is 14.3. The molecule has 2 fully saturated rings. The van der Waals surface area contributed by atoms with Crippen molar-refractivity contribution in [2.75, 3.05) is 46.4 Å². The standard InChI is InChI=1S/C40H53N2O14PS/c1-6-50-38(44)28(4)55-57(46,56-32-10-8-7-9-11-32)26-53-31-14-12-29(13-15-31)22-35(41-40(45)54-37-25-52-39-34(37)20-21-51-39)36(43)24-42(23-27(2)3)58(47,48)33-18-16-30(49-5)17-19-33/h7-19,27-28,34-37,39,43H,6,20-26H2,1-5H3,(H,41,45)/t28-,34?,35+,36-,37+,39-,57?/m1/s1. The molecule has 2 aliphatic rings. The van der Waals surface area contributed by atoms with Gasteiger partial charge in [-0.2, -0.15) is 4.31 Å². The summed E-state index contributed by atoms with van der Waals surface area (Å²) in [6.07, 6.45) is -4.23. The number of ether oxygens (including phenoxy) is 6. The largest absolute Gasteiger partial charge is 0.497 e. The fraction of sp³-hybridized carbons (Fsp3) is 0.500. The highest BCUT2D eigenvalue weighted by molar-refractivity contribution is 7.89. The van der Waals surface area contributed by atoms with Crippen LogP contribution in [-0.4, -0.2) is 107 Å². The molecular formula is C40H53N2O14PS. The van der Waals surface area contributed by atoms with Crippen molar-refractivity contribution in [1.29, 1.82) is 0 Å². The van der Waals surface area contributed by atoms with Crippen LogP contribution in [0.15, 0.2) is 83.8 Å². The Balaban J connectivity index is 1.32. The number of rotatable bonds is 21. The summed E-state index contributed by atoms with van der Waals surface area (Å²) in [4.78, 5) is 25.7. The first-order valence-corrected chi connectivity index (χ1v) is 22.3. The molecule has 0 radical (unpaired) electrons. The third kappa shape index (κ3) is 12.4. The fourth-order valence-corrected chi connectivity index (χ4v) is 9.55. The number of methoxy groups -OCH3 is 1. The number of carbonyl (C=O) groups is 2. The van der Waals surface area contributed by atoms with Gasteiger partial charge in [0.25, 0.3) is 0 Å². The number of nitrogens with one attached hydrogen (secondary N) is 1. The van der Waals surface area contributed by atoms with E-state index in [1.54, 1.807) is 73.7 Å². The molecule has 1 amide bonds. The fourth-order valence-electron chi connectivity index (χ4n) is 6.46. The lowest BCUT2D eigenvalue weighted by molar-refractivity contribution is -0.150. The molecule has 2 unspecified atom stereocenters. The first-order valence-electron chi connectivity index (χ1n) is 19.1. The third-order valence-electron chi connectivity index (χ3n) is 9.36. The number of nitrogens with zero attached hydrogens (tertiary/aromatic N) is 1. The molecule has 2 N–H and O–H groups in total. The van der Waals surface area contributed by atoms with E-state index in [-0.39, 0.29) is 61.0 Å². The second kappa shape index (κ2) is 20.7. The Morgan fingerprint density at radius 3 is 2.29 bits per heavy atom. The highest BCUT2D eigenvalue weighted by Crippen LogP contribution is 2.49. The molecule has 5 rings (SSSR count). The highest BCUT2D eigenvalue weighted by Gasteiger charge is 2.44. The number of esters is 1. The number of benzene rings is 3. The molecule has 2 saturated heterocycles. The lowest BCUT2D eigenvalue weighted by Gasteiger charge is -2.31. The summed E-state index contributed by atoms with van der Waals surface area (Å²) < 4.78 is 87.1. The van der Waals surface area contributed by atoms with Gasteiger partial charge >= 0.3 is 19.7 Å². The van der Waals surface area contributed by atoms with Crippen LogP contribution >= 0.6 is 7.60 Å². The Morgan fingerprint density at radius 1 is 0.948 bits per heavy atom. The van der Waals surface area contributed by atoms with Crippen molar-refractivity contribution in [3.8, 4) is 17.2 Å². The number of sulfonamides is 1. The van der Waals surface area contributed by atoms with E-state index in [4.69, 9.17) is 37.5 Å². The van der Waals surface area contributed by atoms with Crippen molar-refractivity contribution in [2.45, 2.75) is 76.1 Å². The molecular weight excluding hydrogens is 795 g/mol. The average molecular weight is 849 g/mol. The quantitative estimate of drug-likeness (QED) is 0.103. The molecule has 3 aromatic carbocycles. The molecule has 0 spiro atoms. The van der Waals surface area contributed by atoms with Gasteiger partial charge in [-0.3, -0.25) is 4.52 Å². The van der Waals surface area contributed by atoms with Crippen LogP contribution in [0.3, 0.4) is 0 Å². The van der Waals surface area contributed by atoms with Crippen LogP contribution in [0, 0.1) is 11.8 Å². The Hall–Kier alpha value is -4.22. The molecule has 0 aromatic heterocycles. The number of fused-ring (bicyclic) bond motifs is 1. The number of hydrogen-bond acceptors (Lipinski definition) is 14. The molecule has 2 aliphatic heterocycles. The van der Waals surface area contributed by atoms with Crippen LogP contribution in [0.1, 0.15) is 39.7 Å². The number of aliphatic hydroxyl groups is 1. The first kappa shape index (κ1) is 44.9. The Bertz CT molecular complexity index is 1930. The summed E-state index contributed by atoms with van der Waals surface area (Å²) in [7, 11) is -6.68. The van der Waals surface area contributed by atoms with Crippen LogP contribution in [0.5, 0.6) is 17.2 Å². The lowest BCUT2D eigenvalue weighted by atomic mass is 10.0. The second-order valence-corrected chi connectivity index (χ2v) is 18.1. The molecule has 7 atom stereocenters. The highest BCUT2D eigenvalue weighted by atomic mass is 32.2. The number of carbonyl (C=O) groups excluding carboxylic acids is 2. The topological polar surface area (TPSA) is 195 Å². The van der Waals surface area contributed by atoms with Crippen molar-refractivity contribution < 1.29 is 65.1 Å². The van der Waals surface area contributed by atoms with E-state index in [2.05, 4.69) is 5.32 Å². The minimum absolute atomic E-state index is 0.0229. The van der Waals surface area contributed by atoms with E-state index in [0.717, 1.165) is 0 Å². The van der Waals surface area contributed by atoms with Gasteiger partial charge < -0.3 is 43.4 Å². The third-order valence-corrected chi connectivity index (χ3v) is 12.8. The molecule has 16 nitrogen and oxygen atoms in total. The van der Waals surface area contributed by atoms with Crippen LogP contribution in [0.25, 0.3) is 0 Å². The molecule has 2 heterocycles. The van der Waals surface area contributed by atoms with Crippen LogP contribution < -0.4 is 19.3 Å². The van der Waals surface area contributed by atoms with Crippen molar-refractivity contribution in [3.63, 3.8) is 0 Å². The van der Waals surface area contributed by atoms with Gasteiger partial charge in [-0.05, 0) is 86.7 Å². The zero-order valence-corrected chi connectivity index (χ0v) is 35.0.